The van der Waals surface area contributed by atoms with Gasteiger partial charge in [0, 0.05) is 12.5 Å². The molecule has 4 fully saturated rings. The van der Waals surface area contributed by atoms with Crippen LogP contribution in [0.3, 0.4) is 0 Å². The van der Waals surface area contributed by atoms with Crippen LogP contribution in [0.5, 0.6) is 0 Å². The maximum Gasteiger partial charge on any atom is 0.223 e. The molecule has 0 saturated heterocycles. The molecule has 0 atom stereocenters. The average molecular weight is 375 g/mol. The Morgan fingerprint density at radius 1 is 0.947 bits per heavy atom. The Kier molecular flexibility index (Phi) is 4.70. The zero-order chi connectivity index (χ0) is 13.2. The molecule has 108 valence electrons. The Labute approximate surface area is 130 Å². The van der Waals surface area contributed by atoms with Gasteiger partial charge in [0.25, 0.3) is 0 Å². The summed E-state index contributed by atoms with van der Waals surface area (Å²) in [6, 6.07) is 0. The molecule has 0 spiro atoms. The number of halogens is 1. The van der Waals surface area contributed by atoms with Crippen LogP contribution in [-0.2, 0) is 4.79 Å². The van der Waals surface area contributed by atoms with E-state index in [0.29, 0.717) is 11.8 Å². The summed E-state index contributed by atoms with van der Waals surface area (Å²) < 4.78 is 1.24. The number of hydrogen-bond donors (Lipinski definition) is 1. The summed E-state index contributed by atoms with van der Waals surface area (Å²) >= 11 is 2.42. The Balaban J connectivity index is 1.47. The number of hydrogen-bond acceptors (Lipinski definition) is 1. The lowest BCUT2D eigenvalue weighted by Gasteiger charge is -2.53. The molecule has 0 unspecified atom stereocenters. The number of alkyl halides is 1. The molecular weight excluding hydrogens is 349 g/mol. The molecule has 0 aliphatic heterocycles. The first-order valence-corrected chi connectivity index (χ1v) is 9.64. The summed E-state index contributed by atoms with van der Waals surface area (Å²) in [7, 11) is 0. The van der Waals surface area contributed by atoms with E-state index in [-0.39, 0.29) is 0 Å². The van der Waals surface area contributed by atoms with Crippen molar-refractivity contribution < 1.29 is 4.79 Å². The number of carbonyl (C=O) groups excluding carboxylic acids is 1. The van der Waals surface area contributed by atoms with Crippen molar-refractivity contribution in [3.63, 3.8) is 0 Å². The third-order valence-electron chi connectivity index (χ3n) is 5.64. The van der Waals surface area contributed by atoms with E-state index in [1.165, 1.54) is 49.4 Å². The Hall–Kier alpha value is 0.200. The summed E-state index contributed by atoms with van der Waals surface area (Å²) in [4.78, 5) is 12.5. The molecule has 3 heteroatoms. The molecule has 0 heterocycles. The minimum Gasteiger partial charge on any atom is -0.356 e. The normalized spacial score (nSPS) is 39.5. The highest BCUT2D eigenvalue weighted by Gasteiger charge is 2.50. The minimum absolute atomic E-state index is 0.373. The van der Waals surface area contributed by atoms with Crippen LogP contribution < -0.4 is 5.32 Å². The van der Waals surface area contributed by atoms with E-state index in [1.807, 2.05) is 0 Å². The van der Waals surface area contributed by atoms with Crippen LogP contribution >= 0.6 is 22.6 Å². The third-order valence-corrected chi connectivity index (χ3v) is 6.40. The highest BCUT2D eigenvalue weighted by atomic mass is 127. The summed E-state index contributed by atoms with van der Waals surface area (Å²) in [6.07, 6.45) is 10.6. The van der Waals surface area contributed by atoms with Crippen molar-refractivity contribution >= 4 is 28.5 Å². The van der Waals surface area contributed by atoms with Crippen LogP contribution in [0.25, 0.3) is 0 Å². The van der Waals surface area contributed by atoms with Gasteiger partial charge in [-0.25, -0.2) is 0 Å². The summed E-state index contributed by atoms with van der Waals surface area (Å²) in [6.45, 7) is 0.901. The van der Waals surface area contributed by atoms with Crippen molar-refractivity contribution in [3.8, 4) is 0 Å². The van der Waals surface area contributed by atoms with Crippen LogP contribution in [-0.4, -0.2) is 16.9 Å². The van der Waals surface area contributed by atoms with E-state index in [0.717, 1.165) is 36.6 Å². The number of carbonyl (C=O) groups is 1. The molecule has 0 aromatic carbocycles. The second-order valence-corrected chi connectivity index (χ2v) is 8.08. The molecule has 4 rings (SSSR count). The fourth-order valence-electron chi connectivity index (χ4n) is 5.08. The smallest absolute Gasteiger partial charge is 0.223 e. The summed E-state index contributed by atoms with van der Waals surface area (Å²) in [5.74, 6) is 4.15. The van der Waals surface area contributed by atoms with Gasteiger partial charge >= 0.3 is 0 Å². The zero-order valence-corrected chi connectivity index (χ0v) is 13.9. The van der Waals surface area contributed by atoms with E-state index in [2.05, 4.69) is 27.9 Å². The fourth-order valence-corrected chi connectivity index (χ4v) is 5.62. The predicted molar refractivity (Wildman–Crippen MR) is 86.3 cm³/mol. The first-order valence-electron chi connectivity index (χ1n) is 8.11. The SMILES string of the molecule is O=C(NCCCCCI)C1C2CC3CC(C2)CC1C3. The predicted octanol–water partition coefficient (Wildman–Crippen LogP) is 3.78. The Morgan fingerprint density at radius 2 is 1.58 bits per heavy atom. The lowest BCUT2D eigenvalue weighted by atomic mass is 9.51. The minimum atomic E-state index is 0.373. The van der Waals surface area contributed by atoms with Crippen molar-refractivity contribution in [2.24, 2.45) is 29.6 Å². The molecule has 4 saturated carbocycles. The average Bonchev–Trinajstić information content (AvgIpc) is 2.37. The van der Waals surface area contributed by atoms with Crippen LogP contribution in [0.4, 0.5) is 0 Å². The molecule has 4 aliphatic rings. The van der Waals surface area contributed by atoms with Crippen molar-refractivity contribution in [3.05, 3.63) is 0 Å². The van der Waals surface area contributed by atoms with Crippen LogP contribution in [0, 0.1) is 29.6 Å². The number of rotatable bonds is 6. The third kappa shape index (κ3) is 3.11. The van der Waals surface area contributed by atoms with Crippen molar-refractivity contribution in [2.45, 2.75) is 51.4 Å². The number of unbranched alkanes of at least 4 members (excludes halogenated alkanes) is 2. The van der Waals surface area contributed by atoms with E-state index < -0.39 is 0 Å². The van der Waals surface area contributed by atoms with Gasteiger partial charge in [0.05, 0.1) is 0 Å². The number of nitrogens with one attached hydrogen (secondary N) is 1. The quantitative estimate of drug-likeness (QED) is 0.427. The second-order valence-electron chi connectivity index (χ2n) is 7.00. The molecule has 0 aromatic rings. The summed E-state index contributed by atoms with van der Waals surface area (Å²) in [5, 5.41) is 3.23. The van der Waals surface area contributed by atoms with Gasteiger partial charge in [-0.2, -0.15) is 0 Å². The molecule has 1 amide bonds. The first-order chi connectivity index (χ1) is 9.28. The lowest BCUT2D eigenvalue weighted by molar-refractivity contribution is -0.138. The molecule has 4 bridgehead atoms. The Bertz CT molecular complexity index is 303. The molecule has 2 nitrogen and oxygen atoms in total. The first kappa shape index (κ1) is 14.2. The van der Waals surface area contributed by atoms with E-state index in [1.54, 1.807) is 0 Å². The lowest BCUT2D eigenvalue weighted by Crippen LogP contribution is -2.51. The largest absolute Gasteiger partial charge is 0.356 e. The van der Waals surface area contributed by atoms with Crippen molar-refractivity contribution in [1.29, 1.82) is 0 Å². The topological polar surface area (TPSA) is 29.1 Å². The molecule has 19 heavy (non-hydrogen) atoms. The van der Waals surface area contributed by atoms with Gasteiger partial charge in [-0.1, -0.05) is 29.0 Å². The van der Waals surface area contributed by atoms with Gasteiger partial charge in [-0.3, -0.25) is 4.79 Å². The molecule has 0 aromatic heterocycles. The van der Waals surface area contributed by atoms with Crippen molar-refractivity contribution in [1.82, 2.24) is 5.32 Å². The molecule has 1 N–H and O–H groups in total. The van der Waals surface area contributed by atoms with Gasteiger partial charge in [-0.05, 0) is 73.0 Å². The monoisotopic (exact) mass is 375 g/mol. The van der Waals surface area contributed by atoms with Gasteiger partial charge in [0.1, 0.15) is 0 Å². The van der Waals surface area contributed by atoms with E-state index >= 15 is 0 Å². The van der Waals surface area contributed by atoms with E-state index in [9.17, 15) is 4.79 Å². The highest BCUT2D eigenvalue weighted by Crippen LogP contribution is 2.56. The van der Waals surface area contributed by atoms with Gasteiger partial charge in [0.2, 0.25) is 5.91 Å². The van der Waals surface area contributed by atoms with E-state index in [4.69, 9.17) is 0 Å². The molecule has 4 aliphatic carbocycles. The van der Waals surface area contributed by atoms with Crippen LogP contribution in [0.2, 0.25) is 0 Å². The van der Waals surface area contributed by atoms with Gasteiger partial charge < -0.3 is 5.32 Å². The fraction of sp³-hybridized carbons (Fsp3) is 0.938. The Morgan fingerprint density at radius 3 is 2.16 bits per heavy atom. The zero-order valence-electron chi connectivity index (χ0n) is 11.7. The number of amides is 1. The standard InChI is InChI=1S/C16H26INO/c17-4-2-1-3-5-18-16(19)15-13-7-11-6-12(9-13)10-14(15)8-11/h11-15H,1-10H2,(H,18,19). The summed E-state index contributed by atoms with van der Waals surface area (Å²) in [5.41, 5.74) is 0. The maximum absolute atomic E-state index is 12.5. The van der Waals surface area contributed by atoms with Crippen LogP contribution in [0.15, 0.2) is 0 Å². The molecular formula is C16H26INO. The molecule has 0 radical (unpaired) electrons. The van der Waals surface area contributed by atoms with Crippen LogP contribution in [0.1, 0.15) is 51.4 Å². The van der Waals surface area contributed by atoms with Gasteiger partial charge in [0.15, 0.2) is 0 Å². The maximum atomic E-state index is 12.5. The van der Waals surface area contributed by atoms with Crippen molar-refractivity contribution in [2.75, 3.05) is 11.0 Å². The van der Waals surface area contributed by atoms with Gasteiger partial charge in [-0.15, -0.1) is 0 Å². The second kappa shape index (κ2) is 6.31. The highest BCUT2D eigenvalue weighted by molar-refractivity contribution is 14.1.